The van der Waals surface area contributed by atoms with Crippen molar-refractivity contribution >= 4 is 5.97 Å². The molecule has 0 spiro atoms. The average Bonchev–Trinajstić information content (AvgIpc) is 2.25. The van der Waals surface area contributed by atoms with Gasteiger partial charge in [0.2, 0.25) is 0 Å². The van der Waals surface area contributed by atoms with Gasteiger partial charge in [0, 0.05) is 19.1 Å². The third-order valence-electron chi connectivity index (χ3n) is 3.15. The Kier molecular flexibility index (Phi) is 7.48. The summed E-state index contributed by atoms with van der Waals surface area (Å²) in [6, 6.07) is 0.242. The van der Waals surface area contributed by atoms with Gasteiger partial charge in [0.15, 0.2) is 0 Å². The predicted molar refractivity (Wildman–Crippen MR) is 75.6 cm³/mol. The molecule has 0 aliphatic heterocycles. The number of carbonyl (C=O) groups is 1. The molecule has 2 unspecified atom stereocenters. The first-order valence-electron chi connectivity index (χ1n) is 6.79. The van der Waals surface area contributed by atoms with E-state index in [0.29, 0.717) is 12.5 Å². The molecule has 0 fully saturated rings. The summed E-state index contributed by atoms with van der Waals surface area (Å²) >= 11 is 0. The van der Waals surface area contributed by atoms with Gasteiger partial charge in [0.05, 0.1) is 7.11 Å². The van der Waals surface area contributed by atoms with Crippen LogP contribution < -0.4 is 5.32 Å². The maximum Gasteiger partial charge on any atom is 0.327 e. The molecule has 0 saturated carbocycles. The maximum absolute atomic E-state index is 11.9. The Morgan fingerprint density at radius 1 is 1.39 bits per heavy atom. The molecule has 1 N–H and O–H groups in total. The van der Waals surface area contributed by atoms with Crippen molar-refractivity contribution in [3.05, 3.63) is 0 Å². The smallest absolute Gasteiger partial charge is 0.327 e. The van der Waals surface area contributed by atoms with Gasteiger partial charge in [0.1, 0.15) is 5.54 Å². The number of carbonyl (C=O) groups excluding carboxylic acids is 1. The molecule has 0 heterocycles. The number of esters is 1. The Morgan fingerprint density at radius 2 is 1.94 bits per heavy atom. The second-order valence-corrected chi connectivity index (χ2v) is 5.83. The molecule has 0 saturated heterocycles. The molecule has 0 aliphatic carbocycles. The Morgan fingerprint density at radius 3 is 2.33 bits per heavy atom. The minimum Gasteiger partial charge on any atom is -0.468 e. The Balaban J connectivity index is 4.63. The highest BCUT2D eigenvalue weighted by molar-refractivity contribution is 5.80. The SMILES string of the molecule is CCC(C)CN(C)CC(C)(NC(C)C)C(=O)OC. The van der Waals surface area contributed by atoms with E-state index in [0.717, 1.165) is 13.0 Å². The van der Waals surface area contributed by atoms with Crippen molar-refractivity contribution in [1.82, 2.24) is 10.2 Å². The van der Waals surface area contributed by atoms with Crippen LogP contribution in [0.3, 0.4) is 0 Å². The summed E-state index contributed by atoms with van der Waals surface area (Å²) in [5.74, 6) is 0.433. The lowest BCUT2D eigenvalue weighted by atomic mass is 9.99. The molecule has 0 amide bonds. The van der Waals surface area contributed by atoms with Gasteiger partial charge in [-0.1, -0.05) is 20.3 Å². The quantitative estimate of drug-likeness (QED) is 0.675. The third-order valence-corrected chi connectivity index (χ3v) is 3.15. The molecular formula is C14H30N2O2. The molecule has 4 heteroatoms. The zero-order valence-electron chi connectivity index (χ0n) is 13.0. The molecule has 0 aliphatic rings. The van der Waals surface area contributed by atoms with Crippen LogP contribution in [0.4, 0.5) is 0 Å². The van der Waals surface area contributed by atoms with E-state index in [1.165, 1.54) is 7.11 Å². The molecular weight excluding hydrogens is 228 g/mol. The lowest BCUT2D eigenvalue weighted by Gasteiger charge is -2.34. The van der Waals surface area contributed by atoms with Crippen LogP contribution in [0.5, 0.6) is 0 Å². The van der Waals surface area contributed by atoms with Crippen LogP contribution >= 0.6 is 0 Å². The normalized spacial score (nSPS) is 16.7. The highest BCUT2D eigenvalue weighted by Crippen LogP contribution is 2.12. The van der Waals surface area contributed by atoms with Crippen LogP contribution in [0.2, 0.25) is 0 Å². The Hall–Kier alpha value is -0.610. The number of rotatable bonds is 8. The fourth-order valence-corrected chi connectivity index (χ4v) is 2.30. The topological polar surface area (TPSA) is 41.6 Å². The van der Waals surface area contributed by atoms with Crippen molar-refractivity contribution in [2.75, 3.05) is 27.2 Å². The Labute approximate surface area is 112 Å². The monoisotopic (exact) mass is 258 g/mol. The minimum absolute atomic E-state index is 0.202. The van der Waals surface area contributed by atoms with Crippen LogP contribution in [0.15, 0.2) is 0 Å². The molecule has 18 heavy (non-hydrogen) atoms. The van der Waals surface area contributed by atoms with E-state index in [2.05, 4.69) is 31.1 Å². The van der Waals surface area contributed by atoms with Crippen molar-refractivity contribution in [2.45, 2.75) is 52.6 Å². The number of methoxy groups -OCH3 is 1. The van der Waals surface area contributed by atoms with Crippen molar-refractivity contribution in [3.63, 3.8) is 0 Å². The van der Waals surface area contributed by atoms with E-state index in [1.54, 1.807) is 0 Å². The van der Waals surface area contributed by atoms with Crippen molar-refractivity contribution < 1.29 is 9.53 Å². The fourth-order valence-electron chi connectivity index (χ4n) is 2.30. The predicted octanol–water partition coefficient (Wildman–Crippen LogP) is 1.89. The van der Waals surface area contributed by atoms with E-state index in [9.17, 15) is 4.79 Å². The molecule has 0 bridgehead atoms. The van der Waals surface area contributed by atoms with Gasteiger partial charge >= 0.3 is 5.97 Å². The zero-order chi connectivity index (χ0) is 14.3. The second-order valence-electron chi connectivity index (χ2n) is 5.83. The first-order chi connectivity index (χ1) is 8.25. The first-order valence-corrected chi connectivity index (χ1v) is 6.79. The van der Waals surface area contributed by atoms with Crippen molar-refractivity contribution in [1.29, 1.82) is 0 Å². The van der Waals surface area contributed by atoms with Gasteiger partial charge in [0.25, 0.3) is 0 Å². The zero-order valence-corrected chi connectivity index (χ0v) is 13.0. The summed E-state index contributed by atoms with van der Waals surface area (Å²) in [6.45, 7) is 12.0. The number of hydrogen-bond acceptors (Lipinski definition) is 4. The van der Waals surface area contributed by atoms with Gasteiger partial charge in [-0.3, -0.25) is 10.1 Å². The van der Waals surface area contributed by atoms with Crippen molar-refractivity contribution in [2.24, 2.45) is 5.92 Å². The number of nitrogens with one attached hydrogen (secondary N) is 1. The van der Waals surface area contributed by atoms with Crippen LogP contribution in [0, 0.1) is 5.92 Å². The Bertz CT molecular complexity index is 256. The van der Waals surface area contributed by atoms with Gasteiger partial charge in [-0.2, -0.15) is 0 Å². The fraction of sp³-hybridized carbons (Fsp3) is 0.929. The summed E-state index contributed by atoms with van der Waals surface area (Å²) in [5, 5.41) is 3.31. The summed E-state index contributed by atoms with van der Waals surface area (Å²) in [6.07, 6.45) is 1.15. The van der Waals surface area contributed by atoms with E-state index >= 15 is 0 Å². The first kappa shape index (κ1) is 17.4. The average molecular weight is 258 g/mol. The molecule has 0 radical (unpaired) electrons. The molecule has 0 rings (SSSR count). The van der Waals surface area contributed by atoms with E-state index in [-0.39, 0.29) is 12.0 Å². The van der Waals surface area contributed by atoms with Gasteiger partial charge in [-0.25, -0.2) is 0 Å². The van der Waals surface area contributed by atoms with E-state index in [1.807, 2.05) is 20.8 Å². The lowest BCUT2D eigenvalue weighted by molar-refractivity contribution is -0.149. The minimum atomic E-state index is -0.648. The van der Waals surface area contributed by atoms with Gasteiger partial charge < -0.3 is 9.64 Å². The number of ether oxygens (including phenoxy) is 1. The third kappa shape index (κ3) is 5.83. The van der Waals surface area contributed by atoms with E-state index < -0.39 is 5.54 Å². The number of nitrogens with zero attached hydrogens (tertiary/aromatic N) is 1. The molecule has 0 aromatic heterocycles. The van der Waals surface area contributed by atoms with Crippen LogP contribution in [-0.2, 0) is 9.53 Å². The van der Waals surface area contributed by atoms with Gasteiger partial charge in [-0.05, 0) is 33.7 Å². The van der Waals surface area contributed by atoms with Crippen LogP contribution in [0.1, 0.15) is 41.0 Å². The molecule has 108 valence electrons. The number of hydrogen-bond donors (Lipinski definition) is 1. The number of likely N-dealkylation sites (N-methyl/N-ethyl adjacent to an activating group) is 1. The summed E-state index contributed by atoms with van der Waals surface area (Å²) in [4.78, 5) is 14.1. The molecule has 4 nitrogen and oxygen atoms in total. The standard InChI is InChI=1S/C14H30N2O2/c1-8-12(4)9-16(6)10-14(5,13(17)18-7)15-11(2)3/h11-12,15H,8-10H2,1-7H3. The summed E-state index contributed by atoms with van der Waals surface area (Å²) in [7, 11) is 3.49. The van der Waals surface area contributed by atoms with E-state index in [4.69, 9.17) is 4.74 Å². The molecule has 0 aromatic carbocycles. The summed E-state index contributed by atoms with van der Waals surface area (Å²) < 4.78 is 4.92. The van der Waals surface area contributed by atoms with Crippen LogP contribution in [0.25, 0.3) is 0 Å². The summed E-state index contributed by atoms with van der Waals surface area (Å²) in [5.41, 5.74) is -0.648. The molecule has 0 aromatic rings. The van der Waals surface area contributed by atoms with Crippen LogP contribution in [-0.4, -0.2) is 49.7 Å². The highest BCUT2D eigenvalue weighted by atomic mass is 16.5. The largest absolute Gasteiger partial charge is 0.468 e. The maximum atomic E-state index is 11.9. The highest BCUT2D eigenvalue weighted by Gasteiger charge is 2.36. The lowest BCUT2D eigenvalue weighted by Crippen LogP contribution is -2.59. The van der Waals surface area contributed by atoms with Crippen molar-refractivity contribution in [3.8, 4) is 0 Å². The van der Waals surface area contributed by atoms with Gasteiger partial charge in [-0.15, -0.1) is 0 Å². The molecule has 2 atom stereocenters. The second kappa shape index (κ2) is 7.74.